The predicted molar refractivity (Wildman–Crippen MR) is 118 cm³/mol. The Balaban J connectivity index is 2.11. The van der Waals surface area contributed by atoms with Crippen molar-refractivity contribution < 1.29 is 13.3 Å². The fourth-order valence-electron chi connectivity index (χ4n) is 2.61. The Morgan fingerprint density at radius 2 is 1.93 bits per heavy atom. The number of aromatic nitrogens is 2. The van der Waals surface area contributed by atoms with Crippen LogP contribution in [0.1, 0.15) is 16.8 Å². The molecular weight excluding hydrogens is 449 g/mol. The summed E-state index contributed by atoms with van der Waals surface area (Å²) in [6.45, 7) is 1.71. The van der Waals surface area contributed by atoms with Crippen LogP contribution in [-0.2, 0) is 14.9 Å². The van der Waals surface area contributed by atoms with Crippen LogP contribution in [0.3, 0.4) is 0 Å². The molecule has 0 saturated carbocycles. The molecule has 30 heavy (non-hydrogen) atoms. The molecule has 3 N–H and O–H groups in total. The van der Waals surface area contributed by atoms with Gasteiger partial charge in [-0.1, -0.05) is 28.4 Å². The van der Waals surface area contributed by atoms with E-state index in [9.17, 15) is 8.42 Å². The predicted octanol–water partition coefficient (Wildman–Crippen LogP) is 3.87. The molecule has 0 aliphatic rings. The van der Waals surface area contributed by atoms with Gasteiger partial charge in [0, 0.05) is 23.0 Å². The highest BCUT2D eigenvalue weighted by Crippen LogP contribution is 2.26. The minimum Gasteiger partial charge on any atom is -0.399 e. The average Bonchev–Trinajstić information content (AvgIpc) is 2.68. The van der Waals surface area contributed by atoms with Gasteiger partial charge in [-0.3, -0.25) is 9.71 Å². The third kappa shape index (κ3) is 4.81. The van der Waals surface area contributed by atoms with E-state index >= 15 is 0 Å². The molecule has 11 heteroatoms. The number of halogens is 2. The molecule has 1 aromatic carbocycles. The molecule has 156 valence electrons. The van der Waals surface area contributed by atoms with E-state index < -0.39 is 10.0 Å². The van der Waals surface area contributed by atoms with Crippen molar-refractivity contribution in [2.24, 2.45) is 5.16 Å². The van der Waals surface area contributed by atoms with Gasteiger partial charge < -0.3 is 10.6 Å². The number of oxime groups is 1. The zero-order chi connectivity index (χ0) is 21.9. The summed E-state index contributed by atoms with van der Waals surface area (Å²) >= 11 is 12.1. The van der Waals surface area contributed by atoms with E-state index in [1.165, 1.54) is 43.8 Å². The zero-order valence-electron chi connectivity index (χ0n) is 15.9. The van der Waals surface area contributed by atoms with Gasteiger partial charge in [0.1, 0.15) is 24.3 Å². The van der Waals surface area contributed by atoms with Gasteiger partial charge >= 0.3 is 0 Å². The molecule has 0 aliphatic heterocycles. The van der Waals surface area contributed by atoms with E-state index in [4.69, 9.17) is 33.8 Å². The molecule has 3 rings (SSSR count). The number of nitrogens with one attached hydrogen (secondary N) is 1. The first-order valence-electron chi connectivity index (χ1n) is 8.49. The Bertz CT molecular complexity index is 1230. The van der Waals surface area contributed by atoms with Crippen molar-refractivity contribution in [2.45, 2.75) is 11.8 Å². The third-order valence-electron chi connectivity index (χ3n) is 4.00. The molecular formula is C19H17Cl2N5O3S. The van der Waals surface area contributed by atoms with Crippen LogP contribution < -0.4 is 10.5 Å². The van der Waals surface area contributed by atoms with Gasteiger partial charge in [-0.05, 0) is 48.9 Å². The second-order valence-corrected chi connectivity index (χ2v) is 8.68. The molecule has 0 amide bonds. The van der Waals surface area contributed by atoms with E-state index in [-0.39, 0.29) is 32.8 Å². The van der Waals surface area contributed by atoms with E-state index in [2.05, 4.69) is 19.8 Å². The first-order chi connectivity index (χ1) is 14.2. The normalized spacial score (nSPS) is 11.9. The molecule has 0 atom stereocenters. The maximum absolute atomic E-state index is 13.0. The first kappa shape index (κ1) is 21.8. The number of anilines is 2. The van der Waals surface area contributed by atoms with Gasteiger partial charge in [-0.15, -0.1) is 0 Å². The first-order valence-corrected chi connectivity index (χ1v) is 10.7. The van der Waals surface area contributed by atoms with Crippen LogP contribution in [0.5, 0.6) is 0 Å². The maximum Gasteiger partial charge on any atom is 0.261 e. The zero-order valence-corrected chi connectivity index (χ0v) is 18.3. The summed E-state index contributed by atoms with van der Waals surface area (Å²) in [4.78, 5) is 13.2. The highest BCUT2D eigenvalue weighted by Gasteiger charge is 2.22. The number of benzene rings is 1. The van der Waals surface area contributed by atoms with Crippen molar-refractivity contribution >= 4 is 50.4 Å². The molecule has 3 aromatic rings. The Kier molecular flexibility index (Phi) is 6.45. The topological polar surface area (TPSA) is 120 Å². The number of nitrogen functional groups attached to an aromatic ring is 1. The lowest BCUT2D eigenvalue weighted by atomic mass is 10.1. The SMILES string of the molecule is CON=C(c1ccnc(N)c1)c1ncc(Cl)cc1NS(=O)(=O)c1ccc(Cl)c(C)c1. The lowest BCUT2D eigenvalue weighted by molar-refractivity contribution is 0.214. The summed E-state index contributed by atoms with van der Waals surface area (Å²) in [6, 6.07) is 9.03. The Hall–Kier alpha value is -2.88. The van der Waals surface area contributed by atoms with E-state index in [1.807, 2.05) is 0 Å². The van der Waals surface area contributed by atoms with Crippen LogP contribution in [-0.4, -0.2) is 31.2 Å². The number of hydrogen-bond acceptors (Lipinski definition) is 7. The molecule has 0 bridgehead atoms. The van der Waals surface area contributed by atoms with E-state index in [0.717, 1.165) is 0 Å². The number of pyridine rings is 2. The number of rotatable bonds is 6. The molecule has 0 fully saturated rings. The fraction of sp³-hybridized carbons (Fsp3) is 0.105. The number of nitrogens with zero attached hydrogens (tertiary/aromatic N) is 3. The van der Waals surface area contributed by atoms with Gasteiger partial charge in [0.2, 0.25) is 0 Å². The Morgan fingerprint density at radius 1 is 1.17 bits per heavy atom. The molecule has 0 spiro atoms. The van der Waals surface area contributed by atoms with Crippen LogP contribution in [0.2, 0.25) is 10.0 Å². The van der Waals surface area contributed by atoms with Crippen molar-refractivity contribution in [3.8, 4) is 0 Å². The second kappa shape index (κ2) is 8.86. The smallest absolute Gasteiger partial charge is 0.261 e. The van der Waals surface area contributed by atoms with Crippen LogP contribution in [0.25, 0.3) is 0 Å². The lowest BCUT2D eigenvalue weighted by Crippen LogP contribution is -2.18. The Morgan fingerprint density at radius 3 is 2.60 bits per heavy atom. The molecule has 0 unspecified atom stereocenters. The van der Waals surface area contributed by atoms with Crippen molar-refractivity contribution in [3.63, 3.8) is 0 Å². The molecule has 8 nitrogen and oxygen atoms in total. The van der Waals surface area contributed by atoms with Gasteiger partial charge in [0.15, 0.2) is 0 Å². The summed E-state index contributed by atoms with van der Waals surface area (Å²) < 4.78 is 28.5. The minimum absolute atomic E-state index is 0.0358. The Labute approximate surface area is 183 Å². The maximum atomic E-state index is 13.0. The highest BCUT2D eigenvalue weighted by atomic mass is 35.5. The second-order valence-electron chi connectivity index (χ2n) is 6.16. The van der Waals surface area contributed by atoms with Crippen molar-refractivity contribution in [2.75, 3.05) is 17.6 Å². The average molecular weight is 466 g/mol. The number of sulfonamides is 1. The monoisotopic (exact) mass is 465 g/mol. The quantitative estimate of drug-likeness (QED) is 0.421. The van der Waals surface area contributed by atoms with Crippen molar-refractivity contribution in [1.82, 2.24) is 9.97 Å². The number of nitrogens with two attached hydrogens (primary N) is 1. The van der Waals surface area contributed by atoms with Gasteiger partial charge in [-0.2, -0.15) is 0 Å². The molecule has 2 heterocycles. The summed E-state index contributed by atoms with van der Waals surface area (Å²) in [5.41, 5.74) is 7.47. The van der Waals surface area contributed by atoms with Crippen molar-refractivity contribution in [3.05, 3.63) is 75.7 Å². The van der Waals surface area contributed by atoms with Crippen LogP contribution in [0, 0.1) is 6.92 Å². The standard InChI is InChI=1S/C19H17Cl2N5O3S/c1-11-7-14(3-4-15(11)21)30(27,28)26-16-9-13(20)10-24-19(16)18(25-29-2)12-5-6-23-17(22)8-12/h3-10,26H,1-2H3,(H2,22,23). The van der Waals surface area contributed by atoms with Gasteiger partial charge in [0.25, 0.3) is 10.0 Å². The molecule has 0 aliphatic carbocycles. The summed E-state index contributed by atoms with van der Waals surface area (Å²) in [5, 5.41) is 4.69. The molecule has 0 saturated heterocycles. The van der Waals surface area contributed by atoms with Crippen LogP contribution in [0.15, 0.2) is 58.8 Å². The minimum atomic E-state index is -3.97. The highest BCUT2D eigenvalue weighted by molar-refractivity contribution is 7.92. The number of aryl methyl sites for hydroxylation is 1. The van der Waals surface area contributed by atoms with Crippen LogP contribution >= 0.6 is 23.2 Å². The fourth-order valence-corrected chi connectivity index (χ4v) is 4.03. The van der Waals surface area contributed by atoms with Gasteiger partial charge in [0.05, 0.1) is 15.6 Å². The number of hydrogen-bond donors (Lipinski definition) is 2. The van der Waals surface area contributed by atoms with E-state index in [1.54, 1.807) is 19.1 Å². The van der Waals surface area contributed by atoms with Gasteiger partial charge in [-0.25, -0.2) is 13.4 Å². The van der Waals surface area contributed by atoms with Crippen molar-refractivity contribution in [1.29, 1.82) is 0 Å². The summed E-state index contributed by atoms with van der Waals surface area (Å²) in [5.74, 6) is 0.254. The largest absolute Gasteiger partial charge is 0.399 e. The molecule has 0 radical (unpaired) electrons. The third-order valence-corrected chi connectivity index (χ3v) is 5.99. The molecule has 2 aromatic heterocycles. The lowest BCUT2D eigenvalue weighted by Gasteiger charge is -2.14. The van der Waals surface area contributed by atoms with E-state index in [0.29, 0.717) is 16.1 Å². The summed E-state index contributed by atoms with van der Waals surface area (Å²) in [7, 11) is -2.61. The summed E-state index contributed by atoms with van der Waals surface area (Å²) in [6.07, 6.45) is 2.86. The van der Waals surface area contributed by atoms with Crippen LogP contribution in [0.4, 0.5) is 11.5 Å².